The number of aliphatic hydroxyl groups excluding tert-OH is 1. The molecule has 5 nitrogen and oxygen atoms in total. The van der Waals surface area contributed by atoms with Gasteiger partial charge in [0.2, 0.25) is 0 Å². The number of hydrogen-bond donors (Lipinski definition) is 2. The fourth-order valence-corrected chi connectivity index (χ4v) is 5.38. The lowest BCUT2D eigenvalue weighted by Gasteiger charge is -2.43. The maximum Gasteiger partial charge on any atom is 0.335 e. The molecule has 0 amide bonds. The molecule has 2 aromatic carbocycles. The summed E-state index contributed by atoms with van der Waals surface area (Å²) in [4.78, 5) is 14.0. The molecule has 0 spiro atoms. The minimum absolute atomic E-state index is 0.255. The Bertz CT molecular complexity index is 1020. The highest BCUT2D eigenvalue weighted by Gasteiger charge is 2.37. The molecular weight excluding hydrogens is 450 g/mol. The van der Waals surface area contributed by atoms with Crippen LogP contribution in [-0.4, -0.2) is 35.4 Å². The molecular formula is C28H34ClNO4. The van der Waals surface area contributed by atoms with Gasteiger partial charge < -0.3 is 19.8 Å². The molecule has 1 aliphatic carbocycles. The van der Waals surface area contributed by atoms with Crippen LogP contribution in [0, 0.1) is 11.8 Å². The van der Waals surface area contributed by atoms with Crippen molar-refractivity contribution in [1.82, 2.24) is 0 Å². The van der Waals surface area contributed by atoms with Gasteiger partial charge in [0, 0.05) is 18.1 Å². The summed E-state index contributed by atoms with van der Waals surface area (Å²) in [5.41, 5.74) is 3.39. The van der Waals surface area contributed by atoms with Gasteiger partial charge in [0.25, 0.3) is 0 Å². The minimum atomic E-state index is -0.946. The Morgan fingerprint density at radius 1 is 1.21 bits per heavy atom. The monoisotopic (exact) mass is 483 g/mol. The quantitative estimate of drug-likeness (QED) is 0.465. The van der Waals surface area contributed by atoms with Crippen molar-refractivity contribution < 1.29 is 19.7 Å². The Morgan fingerprint density at radius 2 is 2.06 bits per heavy atom. The van der Waals surface area contributed by atoms with E-state index in [1.165, 1.54) is 5.56 Å². The Labute approximate surface area is 207 Å². The number of carboxylic acid groups (broad SMARTS) is 1. The van der Waals surface area contributed by atoms with Crippen LogP contribution < -0.4 is 9.64 Å². The SMILES string of the molecule is C=CCC[C@H](O)[C@@H]1CC[C@H]1CN1CCCCc2cc(Cl)ccc2COc2ccc(C(=O)O)cc21. The molecule has 6 heteroatoms. The van der Waals surface area contributed by atoms with E-state index in [9.17, 15) is 15.0 Å². The van der Waals surface area contributed by atoms with Crippen molar-refractivity contribution in [2.45, 2.75) is 57.7 Å². The van der Waals surface area contributed by atoms with Crippen molar-refractivity contribution in [3.8, 4) is 5.75 Å². The van der Waals surface area contributed by atoms with E-state index < -0.39 is 5.97 Å². The predicted molar refractivity (Wildman–Crippen MR) is 136 cm³/mol. The van der Waals surface area contributed by atoms with Crippen molar-refractivity contribution in [1.29, 1.82) is 0 Å². The van der Waals surface area contributed by atoms with Crippen LogP contribution in [-0.2, 0) is 13.0 Å². The van der Waals surface area contributed by atoms with Gasteiger partial charge in [-0.25, -0.2) is 4.79 Å². The van der Waals surface area contributed by atoms with Gasteiger partial charge in [-0.15, -0.1) is 6.58 Å². The molecule has 2 aliphatic rings. The number of benzene rings is 2. The zero-order valence-corrected chi connectivity index (χ0v) is 20.3. The van der Waals surface area contributed by atoms with Crippen LogP contribution in [0.1, 0.15) is 60.0 Å². The fourth-order valence-electron chi connectivity index (χ4n) is 5.19. The number of ether oxygens (including phenoxy) is 1. The summed E-state index contributed by atoms with van der Waals surface area (Å²) < 4.78 is 6.27. The van der Waals surface area contributed by atoms with Crippen LogP contribution in [0.5, 0.6) is 5.75 Å². The third-order valence-corrected chi connectivity index (χ3v) is 7.55. The lowest BCUT2D eigenvalue weighted by atomic mass is 9.69. The molecule has 4 rings (SSSR count). The summed E-state index contributed by atoms with van der Waals surface area (Å²) in [5, 5.41) is 21.0. The van der Waals surface area contributed by atoms with Gasteiger partial charge in [-0.3, -0.25) is 0 Å². The summed E-state index contributed by atoms with van der Waals surface area (Å²) in [6.07, 6.45) is 8.11. The lowest BCUT2D eigenvalue weighted by molar-refractivity contribution is 0.0115. The molecule has 0 radical (unpaired) electrons. The zero-order chi connectivity index (χ0) is 24.1. The van der Waals surface area contributed by atoms with E-state index in [1.54, 1.807) is 18.2 Å². The second-order valence-corrected chi connectivity index (χ2v) is 9.96. The minimum Gasteiger partial charge on any atom is -0.487 e. The summed E-state index contributed by atoms with van der Waals surface area (Å²) in [7, 11) is 0. The number of carbonyl (C=O) groups is 1. The first-order valence-electron chi connectivity index (χ1n) is 12.3. The molecule has 2 aromatic rings. The molecule has 0 saturated heterocycles. The van der Waals surface area contributed by atoms with E-state index in [4.69, 9.17) is 16.3 Å². The average Bonchev–Trinajstić information content (AvgIpc) is 2.83. The second kappa shape index (κ2) is 11.3. The lowest BCUT2D eigenvalue weighted by Crippen LogP contribution is -2.43. The maximum absolute atomic E-state index is 11.7. The first-order chi connectivity index (χ1) is 16.5. The number of aromatic carboxylic acids is 1. The number of rotatable bonds is 7. The fraction of sp³-hybridized carbons (Fsp3) is 0.464. The number of carboxylic acids is 1. The Balaban J connectivity index is 1.60. The maximum atomic E-state index is 11.7. The first kappa shape index (κ1) is 24.6. The van der Waals surface area contributed by atoms with Crippen LogP contribution in [0.15, 0.2) is 49.1 Å². The molecule has 3 atom stereocenters. The van der Waals surface area contributed by atoms with Gasteiger partial charge in [0.05, 0.1) is 17.4 Å². The second-order valence-electron chi connectivity index (χ2n) is 9.53. The number of hydrogen-bond acceptors (Lipinski definition) is 4. The van der Waals surface area contributed by atoms with E-state index in [0.29, 0.717) is 18.3 Å². The molecule has 182 valence electrons. The van der Waals surface area contributed by atoms with Crippen LogP contribution in [0.4, 0.5) is 5.69 Å². The van der Waals surface area contributed by atoms with E-state index in [0.717, 1.165) is 74.3 Å². The molecule has 0 aromatic heterocycles. The molecule has 1 heterocycles. The Morgan fingerprint density at radius 3 is 2.79 bits per heavy atom. The normalized spacial score (nSPS) is 21.2. The Hall–Kier alpha value is -2.50. The van der Waals surface area contributed by atoms with Crippen LogP contribution in [0.3, 0.4) is 0 Å². The first-order valence-corrected chi connectivity index (χ1v) is 12.7. The predicted octanol–water partition coefficient (Wildman–Crippen LogP) is 6.11. The highest BCUT2D eigenvalue weighted by atomic mass is 35.5. The summed E-state index contributed by atoms with van der Waals surface area (Å²) >= 11 is 6.25. The van der Waals surface area contributed by atoms with E-state index in [-0.39, 0.29) is 17.6 Å². The summed E-state index contributed by atoms with van der Waals surface area (Å²) in [6, 6.07) is 11.0. The van der Waals surface area contributed by atoms with Gasteiger partial charge in [0.15, 0.2) is 0 Å². The number of anilines is 1. The van der Waals surface area contributed by atoms with E-state index in [1.807, 2.05) is 24.3 Å². The highest BCUT2D eigenvalue weighted by Crippen LogP contribution is 2.41. The van der Waals surface area contributed by atoms with Crippen molar-refractivity contribution in [3.63, 3.8) is 0 Å². The van der Waals surface area contributed by atoms with Gasteiger partial charge in [0.1, 0.15) is 12.4 Å². The van der Waals surface area contributed by atoms with Crippen molar-refractivity contribution in [3.05, 3.63) is 70.8 Å². The molecule has 34 heavy (non-hydrogen) atoms. The van der Waals surface area contributed by atoms with Gasteiger partial charge in [-0.05, 0) is 98.2 Å². The van der Waals surface area contributed by atoms with Gasteiger partial charge in [-0.2, -0.15) is 0 Å². The van der Waals surface area contributed by atoms with Crippen molar-refractivity contribution in [2.24, 2.45) is 11.8 Å². The molecule has 0 unspecified atom stereocenters. The van der Waals surface area contributed by atoms with Crippen molar-refractivity contribution >= 4 is 23.3 Å². The van der Waals surface area contributed by atoms with Crippen LogP contribution >= 0.6 is 11.6 Å². The molecule has 1 fully saturated rings. The number of aliphatic hydroxyl groups is 1. The molecule has 2 N–H and O–H groups in total. The molecule has 0 bridgehead atoms. The van der Waals surface area contributed by atoms with Crippen molar-refractivity contribution in [2.75, 3.05) is 18.0 Å². The standard InChI is InChI=1S/C28H34ClNO4/c1-2-3-7-26(31)24-12-9-21(24)17-30-14-5-4-6-19-15-23(29)11-8-22(19)18-34-27-13-10-20(28(32)33)16-25(27)30/h2,8,10-11,13,15-16,21,24,26,31H,1,3-7,9,12,14,17-18H2,(H,32,33)/t21-,24+,26-/m0/s1. The number of nitrogens with zero attached hydrogens (tertiary/aromatic N) is 1. The van der Waals surface area contributed by atoms with Gasteiger partial charge in [-0.1, -0.05) is 23.7 Å². The molecule has 1 aliphatic heterocycles. The average molecular weight is 484 g/mol. The van der Waals surface area contributed by atoms with E-state index >= 15 is 0 Å². The van der Waals surface area contributed by atoms with Crippen LogP contribution in [0.25, 0.3) is 0 Å². The molecule has 1 saturated carbocycles. The van der Waals surface area contributed by atoms with Gasteiger partial charge >= 0.3 is 5.97 Å². The highest BCUT2D eigenvalue weighted by molar-refractivity contribution is 6.30. The van der Waals surface area contributed by atoms with Crippen LogP contribution in [0.2, 0.25) is 5.02 Å². The summed E-state index contributed by atoms with van der Waals surface area (Å²) in [6.45, 7) is 5.77. The zero-order valence-electron chi connectivity index (χ0n) is 19.6. The third-order valence-electron chi connectivity index (χ3n) is 7.31. The van der Waals surface area contributed by atoms with E-state index in [2.05, 4.69) is 11.5 Å². The topological polar surface area (TPSA) is 70.0 Å². The summed E-state index contributed by atoms with van der Waals surface area (Å²) in [5.74, 6) is 0.396. The smallest absolute Gasteiger partial charge is 0.335 e. The largest absolute Gasteiger partial charge is 0.487 e. The number of allylic oxidation sites excluding steroid dienone is 1. The number of aryl methyl sites for hydroxylation is 1. The number of halogens is 1. The third kappa shape index (κ3) is 5.76. The number of fused-ring (bicyclic) bond motifs is 2. The Kier molecular flexibility index (Phi) is 8.17.